The zero-order valence-corrected chi connectivity index (χ0v) is 13.4. The molecular weight excluding hydrogens is 335 g/mol. The third-order valence-corrected chi connectivity index (χ3v) is 5.59. The molecule has 8 heteroatoms. The Bertz CT molecular complexity index is 943. The molecule has 1 N–H and O–H groups in total. The molecule has 1 unspecified atom stereocenters. The zero-order valence-electron chi connectivity index (χ0n) is 12.6. The van der Waals surface area contributed by atoms with E-state index in [0.717, 1.165) is 6.07 Å². The summed E-state index contributed by atoms with van der Waals surface area (Å²) in [6, 6.07) is 9.66. The minimum absolute atomic E-state index is 0.0305. The van der Waals surface area contributed by atoms with Gasteiger partial charge in [-0.3, -0.25) is 9.59 Å². The van der Waals surface area contributed by atoms with Gasteiger partial charge in [0.25, 0.3) is 15.9 Å². The monoisotopic (exact) mass is 348 g/mol. The first kappa shape index (κ1) is 16.1. The van der Waals surface area contributed by atoms with Gasteiger partial charge in [0.15, 0.2) is 0 Å². The van der Waals surface area contributed by atoms with Crippen molar-refractivity contribution < 1.29 is 22.4 Å². The van der Waals surface area contributed by atoms with Crippen LogP contribution in [-0.4, -0.2) is 30.6 Å². The van der Waals surface area contributed by atoms with Crippen LogP contribution < -0.4 is 5.32 Å². The molecule has 1 atom stereocenters. The third-order valence-electron chi connectivity index (χ3n) is 3.68. The van der Waals surface area contributed by atoms with E-state index in [0.29, 0.717) is 4.31 Å². The van der Waals surface area contributed by atoms with Crippen LogP contribution in [-0.2, 0) is 14.8 Å². The summed E-state index contributed by atoms with van der Waals surface area (Å²) in [5.41, 5.74) is 0.205. The Labute approximate surface area is 138 Å². The van der Waals surface area contributed by atoms with Crippen molar-refractivity contribution >= 4 is 27.5 Å². The Morgan fingerprint density at radius 2 is 1.88 bits per heavy atom. The molecule has 0 fully saturated rings. The van der Waals surface area contributed by atoms with Crippen molar-refractivity contribution in [3.05, 3.63) is 59.9 Å². The lowest BCUT2D eigenvalue weighted by Gasteiger charge is -2.22. The third kappa shape index (κ3) is 2.54. The Hall–Kier alpha value is -2.74. The number of sulfonamides is 1. The Morgan fingerprint density at radius 3 is 2.54 bits per heavy atom. The van der Waals surface area contributed by atoms with E-state index in [-0.39, 0.29) is 16.1 Å². The second-order valence-electron chi connectivity index (χ2n) is 5.28. The van der Waals surface area contributed by atoms with Crippen LogP contribution in [0.2, 0.25) is 0 Å². The number of anilines is 1. The van der Waals surface area contributed by atoms with Gasteiger partial charge in [-0.1, -0.05) is 18.2 Å². The maximum Gasteiger partial charge on any atom is 0.269 e. The average molecular weight is 348 g/mol. The smallest absolute Gasteiger partial charge is 0.269 e. The van der Waals surface area contributed by atoms with Gasteiger partial charge < -0.3 is 5.32 Å². The van der Waals surface area contributed by atoms with E-state index in [1.165, 1.54) is 43.3 Å². The summed E-state index contributed by atoms with van der Waals surface area (Å²) in [4.78, 5) is 24.6. The van der Waals surface area contributed by atoms with Crippen molar-refractivity contribution in [2.45, 2.75) is 17.9 Å². The first-order chi connectivity index (χ1) is 11.3. The predicted molar refractivity (Wildman–Crippen MR) is 84.3 cm³/mol. The van der Waals surface area contributed by atoms with Crippen LogP contribution in [0, 0.1) is 5.82 Å². The number of amides is 2. The van der Waals surface area contributed by atoms with Crippen molar-refractivity contribution in [1.29, 1.82) is 0 Å². The molecule has 1 heterocycles. The Balaban J connectivity index is 1.89. The number of halogens is 1. The van der Waals surface area contributed by atoms with Crippen LogP contribution in [0.25, 0.3) is 0 Å². The molecule has 0 radical (unpaired) electrons. The van der Waals surface area contributed by atoms with Crippen molar-refractivity contribution in [3.8, 4) is 0 Å². The van der Waals surface area contributed by atoms with Crippen LogP contribution in [0.15, 0.2) is 53.4 Å². The number of nitrogens with one attached hydrogen (secondary N) is 1. The largest absolute Gasteiger partial charge is 0.324 e. The Kier molecular flexibility index (Phi) is 3.84. The summed E-state index contributed by atoms with van der Waals surface area (Å²) in [5.74, 6) is -2.03. The standard InChI is InChI=1S/C16H13FN2O4S/c1-10(15(20)18-12-6-4-5-11(17)9-12)19-16(21)13-7-2-3-8-14(13)24(19,22)23/h2-10H,1H3,(H,18,20). The molecule has 0 saturated carbocycles. The first-order valence-electron chi connectivity index (χ1n) is 7.06. The van der Waals surface area contributed by atoms with E-state index in [2.05, 4.69) is 5.32 Å². The quantitative estimate of drug-likeness (QED) is 0.919. The topological polar surface area (TPSA) is 83.6 Å². The fourth-order valence-corrected chi connectivity index (χ4v) is 4.23. The van der Waals surface area contributed by atoms with Gasteiger partial charge >= 0.3 is 0 Å². The first-order valence-corrected chi connectivity index (χ1v) is 8.50. The summed E-state index contributed by atoms with van der Waals surface area (Å²) in [6.07, 6.45) is 0. The normalized spacial score (nSPS) is 16.6. The van der Waals surface area contributed by atoms with E-state index < -0.39 is 33.7 Å². The number of nitrogens with zero attached hydrogens (tertiary/aromatic N) is 1. The molecule has 1 aliphatic heterocycles. The average Bonchev–Trinajstić information content (AvgIpc) is 2.74. The second-order valence-corrected chi connectivity index (χ2v) is 7.06. The molecule has 0 saturated heterocycles. The van der Waals surface area contributed by atoms with Crippen LogP contribution in [0.5, 0.6) is 0 Å². The molecule has 0 spiro atoms. The molecule has 1 aliphatic rings. The van der Waals surface area contributed by atoms with Crippen molar-refractivity contribution in [2.24, 2.45) is 0 Å². The molecule has 2 amide bonds. The highest BCUT2D eigenvalue weighted by molar-refractivity contribution is 7.90. The molecule has 24 heavy (non-hydrogen) atoms. The molecule has 0 bridgehead atoms. The van der Waals surface area contributed by atoms with Gasteiger partial charge in [0.2, 0.25) is 5.91 Å². The number of rotatable bonds is 3. The highest BCUT2D eigenvalue weighted by Crippen LogP contribution is 2.31. The molecule has 2 aromatic carbocycles. The van der Waals surface area contributed by atoms with Crippen LogP contribution in [0.4, 0.5) is 10.1 Å². The van der Waals surface area contributed by atoms with Gasteiger partial charge in [0.1, 0.15) is 16.8 Å². The summed E-state index contributed by atoms with van der Waals surface area (Å²) >= 11 is 0. The SMILES string of the molecule is CC(C(=O)Nc1cccc(F)c1)N1C(=O)c2ccccc2S1(=O)=O. The van der Waals surface area contributed by atoms with E-state index >= 15 is 0 Å². The maximum atomic E-state index is 13.2. The summed E-state index contributed by atoms with van der Waals surface area (Å²) in [5, 5.41) is 2.41. The Morgan fingerprint density at radius 1 is 1.17 bits per heavy atom. The summed E-state index contributed by atoms with van der Waals surface area (Å²) in [7, 11) is -4.09. The van der Waals surface area contributed by atoms with Crippen LogP contribution >= 0.6 is 0 Å². The van der Waals surface area contributed by atoms with E-state index in [4.69, 9.17) is 0 Å². The lowest BCUT2D eigenvalue weighted by Crippen LogP contribution is -2.45. The van der Waals surface area contributed by atoms with Gasteiger partial charge in [0, 0.05) is 5.69 Å². The number of hydrogen-bond donors (Lipinski definition) is 1. The summed E-state index contributed by atoms with van der Waals surface area (Å²) < 4.78 is 38.7. The highest BCUT2D eigenvalue weighted by atomic mass is 32.2. The van der Waals surface area contributed by atoms with Crippen molar-refractivity contribution in [3.63, 3.8) is 0 Å². The lowest BCUT2D eigenvalue weighted by atomic mass is 10.2. The van der Waals surface area contributed by atoms with Crippen molar-refractivity contribution in [1.82, 2.24) is 4.31 Å². The number of benzene rings is 2. The van der Waals surface area contributed by atoms with Gasteiger partial charge in [-0.2, -0.15) is 0 Å². The van der Waals surface area contributed by atoms with Crippen LogP contribution in [0.3, 0.4) is 0 Å². The fraction of sp³-hybridized carbons (Fsp3) is 0.125. The maximum absolute atomic E-state index is 13.2. The van der Waals surface area contributed by atoms with Crippen LogP contribution in [0.1, 0.15) is 17.3 Å². The minimum atomic E-state index is -4.09. The second kappa shape index (κ2) is 5.72. The molecule has 0 aromatic heterocycles. The molecule has 0 aliphatic carbocycles. The van der Waals surface area contributed by atoms with Gasteiger partial charge in [-0.05, 0) is 37.3 Å². The zero-order chi connectivity index (χ0) is 17.5. The highest BCUT2D eigenvalue weighted by Gasteiger charge is 2.45. The molecule has 124 valence electrons. The van der Waals surface area contributed by atoms with Gasteiger partial charge in [-0.15, -0.1) is 0 Å². The molecule has 6 nitrogen and oxygen atoms in total. The van der Waals surface area contributed by atoms with Gasteiger partial charge in [0.05, 0.1) is 5.56 Å². The molecular formula is C16H13FN2O4S. The number of fused-ring (bicyclic) bond motifs is 1. The van der Waals surface area contributed by atoms with Crippen molar-refractivity contribution in [2.75, 3.05) is 5.32 Å². The minimum Gasteiger partial charge on any atom is -0.324 e. The number of carbonyl (C=O) groups is 2. The van der Waals surface area contributed by atoms with E-state index in [9.17, 15) is 22.4 Å². The number of carbonyl (C=O) groups excluding carboxylic acids is 2. The molecule has 2 aromatic rings. The van der Waals surface area contributed by atoms with E-state index in [1.54, 1.807) is 6.07 Å². The lowest BCUT2D eigenvalue weighted by molar-refractivity contribution is -0.118. The van der Waals surface area contributed by atoms with E-state index in [1.807, 2.05) is 0 Å². The summed E-state index contributed by atoms with van der Waals surface area (Å²) in [6.45, 7) is 1.30. The molecule has 3 rings (SSSR count). The fourth-order valence-electron chi connectivity index (χ4n) is 2.51. The number of hydrogen-bond acceptors (Lipinski definition) is 4. The predicted octanol–water partition coefficient (Wildman–Crippen LogP) is 2.00. The van der Waals surface area contributed by atoms with Gasteiger partial charge in [-0.25, -0.2) is 17.1 Å².